The summed E-state index contributed by atoms with van der Waals surface area (Å²) < 4.78 is 5.01. The van der Waals surface area contributed by atoms with Gasteiger partial charge in [0.2, 0.25) is 0 Å². The quantitative estimate of drug-likeness (QED) is 0.812. The highest BCUT2D eigenvalue weighted by atomic mass is 16.6. The minimum atomic E-state index is -0.582. The average Bonchev–Trinajstić information content (AvgIpc) is 2.90. The number of hydrogen-bond acceptors (Lipinski definition) is 4. The Morgan fingerprint density at radius 3 is 2.71 bits per heavy atom. The average molecular weight is 332 g/mol. The molecule has 1 saturated carbocycles. The molecule has 1 aliphatic heterocycles. The maximum atomic E-state index is 11.7. The first-order valence-corrected chi connectivity index (χ1v) is 9.07. The number of ether oxygens (including phenoxy) is 1. The van der Waals surface area contributed by atoms with Gasteiger partial charge in [0.25, 0.3) is 0 Å². The summed E-state index contributed by atoms with van der Waals surface area (Å²) in [4.78, 5) is 13.4. The highest BCUT2D eigenvalue weighted by Gasteiger charge is 2.28. The number of amides is 1. The summed E-state index contributed by atoms with van der Waals surface area (Å²) in [6.07, 6.45) is 6.16. The van der Waals surface area contributed by atoms with Crippen molar-refractivity contribution in [1.29, 1.82) is 0 Å². The minimum Gasteiger partial charge on any atom is -0.447 e. The summed E-state index contributed by atoms with van der Waals surface area (Å²) in [5.41, 5.74) is 1.41. The van der Waals surface area contributed by atoms with Gasteiger partial charge >= 0.3 is 6.09 Å². The van der Waals surface area contributed by atoms with Crippen LogP contribution in [0.1, 0.15) is 57.1 Å². The highest BCUT2D eigenvalue weighted by Crippen LogP contribution is 2.28. The van der Waals surface area contributed by atoms with Crippen LogP contribution in [0.5, 0.6) is 0 Å². The Bertz CT molecular complexity index is 567. The van der Waals surface area contributed by atoms with Gasteiger partial charge in [0.1, 0.15) is 6.61 Å². The van der Waals surface area contributed by atoms with Crippen LogP contribution < -0.4 is 10.2 Å². The lowest BCUT2D eigenvalue weighted by Gasteiger charge is -2.29. The molecule has 2 N–H and O–H groups in total. The van der Waals surface area contributed by atoms with Crippen LogP contribution in [-0.4, -0.2) is 36.5 Å². The number of anilines is 1. The van der Waals surface area contributed by atoms with Crippen LogP contribution in [-0.2, 0) is 4.74 Å². The van der Waals surface area contributed by atoms with Gasteiger partial charge in [-0.2, -0.15) is 0 Å². The zero-order valence-electron chi connectivity index (χ0n) is 14.5. The van der Waals surface area contributed by atoms with E-state index in [1.807, 2.05) is 18.2 Å². The van der Waals surface area contributed by atoms with Crippen LogP contribution in [0.15, 0.2) is 24.3 Å². The standard InChI is InChI=1S/C19H28N2O3/c1-15(20-14-19(23)9-4-2-3-5-10-19)16-7-6-8-17(13-16)21-11-12-24-18(21)22/h6-8,13,15,20,23H,2-5,9-12,14H2,1H3. The van der Waals surface area contributed by atoms with Gasteiger partial charge in [-0.15, -0.1) is 0 Å². The fourth-order valence-electron chi connectivity index (χ4n) is 3.61. The summed E-state index contributed by atoms with van der Waals surface area (Å²) >= 11 is 0. The van der Waals surface area contributed by atoms with Crippen molar-refractivity contribution in [3.05, 3.63) is 29.8 Å². The molecule has 0 radical (unpaired) electrons. The van der Waals surface area contributed by atoms with Gasteiger partial charge in [0, 0.05) is 18.3 Å². The highest BCUT2D eigenvalue weighted by molar-refractivity contribution is 5.89. The van der Waals surface area contributed by atoms with E-state index in [4.69, 9.17) is 4.74 Å². The first-order chi connectivity index (χ1) is 11.6. The van der Waals surface area contributed by atoms with Gasteiger partial charge in [-0.1, -0.05) is 37.8 Å². The fourth-order valence-corrected chi connectivity index (χ4v) is 3.61. The zero-order chi connectivity index (χ0) is 17.0. The lowest BCUT2D eigenvalue weighted by Crippen LogP contribution is -2.41. The molecule has 1 saturated heterocycles. The first-order valence-electron chi connectivity index (χ1n) is 9.07. The molecule has 1 amide bonds. The maximum Gasteiger partial charge on any atom is 0.414 e. The van der Waals surface area contributed by atoms with Crippen molar-refractivity contribution in [1.82, 2.24) is 5.32 Å². The predicted octanol–water partition coefficient (Wildman–Crippen LogP) is 3.38. The van der Waals surface area contributed by atoms with Crippen molar-refractivity contribution in [3.63, 3.8) is 0 Å². The summed E-state index contributed by atoms with van der Waals surface area (Å²) in [6.45, 7) is 3.76. The lowest BCUT2D eigenvalue weighted by molar-refractivity contribution is 0.0231. The Morgan fingerprint density at radius 1 is 1.29 bits per heavy atom. The van der Waals surface area contributed by atoms with Gasteiger partial charge in [0.05, 0.1) is 12.1 Å². The van der Waals surface area contributed by atoms with Crippen LogP contribution in [0.3, 0.4) is 0 Å². The summed E-state index contributed by atoms with van der Waals surface area (Å²) in [5.74, 6) is 0. The molecule has 1 unspecified atom stereocenters. The molecule has 1 aromatic rings. The number of benzene rings is 1. The molecular weight excluding hydrogens is 304 g/mol. The number of cyclic esters (lactones) is 1. The summed E-state index contributed by atoms with van der Waals surface area (Å²) in [6, 6.07) is 8.10. The second kappa shape index (κ2) is 7.53. The largest absolute Gasteiger partial charge is 0.447 e. The van der Waals surface area contributed by atoms with Gasteiger partial charge in [-0.25, -0.2) is 4.79 Å². The maximum absolute atomic E-state index is 11.7. The number of nitrogens with zero attached hydrogens (tertiary/aromatic N) is 1. The normalized spacial score (nSPS) is 22.1. The topological polar surface area (TPSA) is 61.8 Å². The Hall–Kier alpha value is -1.59. The molecule has 5 heteroatoms. The van der Waals surface area contributed by atoms with Crippen LogP contribution >= 0.6 is 0 Å². The Kier molecular flexibility index (Phi) is 5.41. The third-order valence-electron chi connectivity index (χ3n) is 5.21. The molecule has 0 spiro atoms. The van der Waals surface area contributed by atoms with Crippen molar-refractivity contribution in [2.75, 3.05) is 24.6 Å². The molecule has 1 aromatic carbocycles. The number of carbonyl (C=O) groups is 1. The van der Waals surface area contributed by atoms with E-state index in [2.05, 4.69) is 18.3 Å². The molecule has 1 aliphatic carbocycles. The second-order valence-electron chi connectivity index (χ2n) is 7.10. The van der Waals surface area contributed by atoms with Crippen molar-refractivity contribution in [2.24, 2.45) is 0 Å². The second-order valence-corrected chi connectivity index (χ2v) is 7.10. The van der Waals surface area contributed by atoms with Gasteiger partial charge in [-0.05, 0) is 37.5 Å². The summed E-state index contributed by atoms with van der Waals surface area (Å²) in [5, 5.41) is 14.3. The monoisotopic (exact) mass is 332 g/mol. The van der Waals surface area contributed by atoms with Crippen LogP contribution in [0.2, 0.25) is 0 Å². The van der Waals surface area contributed by atoms with E-state index in [0.29, 0.717) is 19.7 Å². The summed E-state index contributed by atoms with van der Waals surface area (Å²) in [7, 11) is 0. The zero-order valence-corrected chi connectivity index (χ0v) is 14.5. The molecule has 0 bridgehead atoms. The van der Waals surface area contributed by atoms with Crippen LogP contribution in [0.4, 0.5) is 10.5 Å². The Labute approximate surface area is 144 Å². The number of carbonyl (C=O) groups excluding carboxylic acids is 1. The molecule has 1 heterocycles. The Balaban J connectivity index is 1.62. The van der Waals surface area contributed by atoms with E-state index < -0.39 is 5.60 Å². The molecule has 132 valence electrons. The van der Waals surface area contributed by atoms with Crippen molar-refractivity contribution < 1.29 is 14.6 Å². The molecule has 3 rings (SSSR count). The van der Waals surface area contributed by atoms with E-state index in [-0.39, 0.29) is 12.1 Å². The molecule has 2 fully saturated rings. The molecule has 0 aromatic heterocycles. The first kappa shape index (κ1) is 17.2. The third-order valence-corrected chi connectivity index (χ3v) is 5.21. The van der Waals surface area contributed by atoms with Gasteiger partial charge in [0.15, 0.2) is 0 Å². The van der Waals surface area contributed by atoms with Crippen molar-refractivity contribution in [3.8, 4) is 0 Å². The van der Waals surface area contributed by atoms with Gasteiger partial charge in [-0.3, -0.25) is 4.90 Å². The molecule has 1 atom stereocenters. The molecular formula is C19H28N2O3. The Morgan fingerprint density at radius 2 is 2.04 bits per heavy atom. The number of rotatable bonds is 5. The van der Waals surface area contributed by atoms with E-state index in [0.717, 1.165) is 36.9 Å². The fraction of sp³-hybridized carbons (Fsp3) is 0.632. The lowest BCUT2D eigenvalue weighted by atomic mass is 9.94. The number of nitrogens with one attached hydrogen (secondary N) is 1. The predicted molar refractivity (Wildman–Crippen MR) is 94.2 cm³/mol. The SMILES string of the molecule is CC(NCC1(O)CCCCCC1)c1cccc(N2CCOC2=O)c1. The third kappa shape index (κ3) is 4.08. The van der Waals surface area contributed by atoms with E-state index in [1.165, 1.54) is 12.8 Å². The molecule has 2 aliphatic rings. The smallest absolute Gasteiger partial charge is 0.414 e. The molecule has 5 nitrogen and oxygen atoms in total. The van der Waals surface area contributed by atoms with Crippen LogP contribution in [0.25, 0.3) is 0 Å². The number of hydrogen-bond donors (Lipinski definition) is 2. The van der Waals surface area contributed by atoms with Crippen molar-refractivity contribution in [2.45, 2.75) is 57.1 Å². The van der Waals surface area contributed by atoms with Gasteiger partial charge < -0.3 is 15.2 Å². The number of aliphatic hydroxyl groups is 1. The van der Waals surface area contributed by atoms with E-state index >= 15 is 0 Å². The van der Waals surface area contributed by atoms with E-state index in [1.54, 1.807) is 4.90 Å². The van der Waals surface area contributed by atoms with Crippen molar-refractivity contribution >= 4 is 11.8 Å². The molecule has 24 heavy (non-hydrogen) atoms. The minimum absolute atomic E-state index is 0.121. The van der Waals surface area contributed by atoms with Crippen LogP contribution in [0, 0.1) is 0 Å². The van der Waals surface area contributed by atoms with E-state index in [9.17, 15) is 9.90 Å².